The molecular weight excluding hydrogens is 458 g/mol. The van der Waals surface area contributed by atoms with Crippen molar-refractivity contribution < 1.29 is 44.9 Å². The fourth-order valence-electron chi connectivity index (χ4n) is 9.29. The van der Waals surface area contributed by atoms with Crippen molar-refractivity contribution in [1.29, 1.82) is 0 Å². The largest absolute Gasteiger partial charge is 0.451 e. The second-order valence-corrected chi connectivity index (χ2v) is 12.0. The van der Waals surface area contributed by atoms with Crippen LogP contribution in [-0.4, -0.2) is 87.6 Å². The molecule has 0 aromatic carbocycles. The quantitative estimate of drug-likeness (QED) is 0.222. The number of aliphatic hydroxyl groups is 6. The normalized spacial score (nSPS) is 57.7. The number of nitrogens with one attached hydrogen (secondary N) is 1. The van der Waals surface area contributed by atoms with E-state index in [0.717, 1.165) is 0 Å². The number of H-pyrrole nitrogens is 1. The maximum atomic E-state index is 13.2. The van der Waals surface area contributed by atoms with Crippen LogP contribution in [0.5, 0.6) is 0 Å². The minimum atomic E-state index is -2.65. The molecule has 7 rings (SSSR count). The van der Waals surface area contributed by atoms with Gasteiger partial charge < -0.3 is 45.1 Å². The Hall–Kier alpha value is -1.79. The topological polar surface area (TPSA) is 173 Å². The highest BCUT2D eigenvalue weighted by atomic mass is 16.7. The Balaban J connectivity index is 1.70. The lowest BCUT2D eigenvalue weighted by atomic mass is 9.52. The molecule has 4 aliphatic carbocycles. The van der Waals surface area contributed by atoms with Crippen molar-refractivity contribution in [2.45, 2.75) is 93.0 Å². The van der Waals surface area contributed by atoms with Gasteiger partial charge in [-0.05, 0) is 43.4 Å². The van der Waals surface area contributed by atoms with E-state index in [-0.39, 0.29) is 30.5 Å². The molecule has 35 heavy (non-hydrogen) atoms. The van der Waals surface area contributed by atoms with Gasteiger partial charge in [0.1, 0.15) is 34.2 Å². The van der Waals surface area contributed by atoms with Crippen LogP contribution in [0.15, 0.2) is 30.5 Å². The van der Waals surface area contributed by atoms with E-state index in [1.54, 1.807) is 19.9 Å². The third kappa shape index (κ3) is 1.71. The number of carbonyl (C=O) groups excluding carboxylic acids is 1. The SMILES string of the molecule is C=C1CC[C@@]2(O)C3(O[C@@]4(O)C[C@]2(C)[C@]2(O)[C@H](OC(=O)c5ccc[nH]5)[C@](O)(C(C)C)[C@]4(C)[C@]32O)[C@@H]1O. The van der Waals surface area contributed by atoms with Gasteiger partial charge in [-0.25, -0.2) is 4.79 Å². The van der Waals surface area contributed by atoms with Crippen LogP contribution in [0.1, 0.15) is 57.4 Å². The third-order valence-corrected chi connectivity index (χ3v) is 11.0. The van der Waals surface area contributed by atoms with Crippen LogP contribution in [0, 0.1) is 16.7 Å². The standard InChI is InChI=1S/C25H33NO9/c1-12(2)22(31)17(34-16(28)14-7-6-10-26-14)23(32)18(4)11-21(30)19(22,5)25(23,33)24(35-21)15(27)13(3)8-9-20(18,24)29/h6-7,10,12,15,17,26-27,29-33H,3,8-9,11H2,1-2,4-5H3/t15-,17-,18+,19-,20+,21+,22-,23-,24?,25-/m1/s1. The van der Waals surface area contributed by atoms with Crippen molar-refractivity contribution in [1.82, 2.24) is 4.98 Å². The van der Waals surface area contributed by atoms with Gasteiger partial charge >= 0.3 is 5.97 Å². The summed E-state index contributed by atoms with van der Waals surface area (Å²) in [6, 6.07) is 3.04. The Bertz CT molecular complexity index is 1170. The molecule has 0 amide bonds. The van der Waals surface area contributed by atoms with Crippen molar-refractivity contribution in [2.75, 3.05) is 0 Å². The van der Waals surface area contributed by atoms with Crippen molar-refractivity contribution >= 4 is 5.97 Å². The van der Waals surface area contributed by atoms with E-state index in [1.807, 2.05) is 0 Å². The van der Waals surface area contributed by atoms with Crippen LogP contribution >= 0.6 is 0 Å². The summed E-state index contributed by atoms with van der Waals surface area (Å²) in [7, 11) is 0. The van der Waals surface area contributed by atoms with Crippen LogP contribution < -0.4 is 0 Å². The van der Waals surface area contributed by atoms with Gasteiger partial charge in [-0.2, -0.15) is 0 Å². The average Bonchev–Trinajstić information content (AvgIpc) is 3.41. The molecule has 1 aromatic heterocycles. The lowest BCUT2D eigenvalue weighted by Crippen LogP contribution is -2.74. The highest BCUT2D eigenvalue weighted by Gasteiger charge is 3.10. The smallest absolute Gasteiger partial charge is 0.355 e. The molecule has 1 unspecified atom stereocenters. The van der Waals surface area contributed by atoms with Gasteiger partial charge in [0, 0.05) is 18.0 Å². The van der Waals surface area contributed by atoms with Gasteiger partial charge in [-0.3, -0.25) is 0 Å². The van der Waals surface area contributed by atoms with Gasteiger partial charge in [-0.15, -0.1) is 0 Å². The predicted molar refractivity (Wildman–Crippen MR) is 119 cm³/mol. The molecule has 7 N–H and O–H groups in total. The summed E-state index contributed by atoms with van der Waals surface area (Å²) in [6.45, 7) is 9.96. The molecule has 6 aliphatic rings. The minimum absolute atomic E-state index is 0.0342. The molecule has 1 aromatic rings. The number of ether oxygens (including phenoxy) is 2. The zero-order valence-electron chi connectivity index (χ0n) is 20.2. The number of hydrogen-bond acceptors (Lipinski definition) is 9. The van der Waals surface area contributed by atoms with Crippen LogP contribution in [0.3, 0.4) is 0 Å². The van der Waals surface area contributed by atoms with Gasteiger partial charge in [-0.1, -0.05) is 27.4 Å². The van der Waals surface area contributed by atoms with E-state index in [2.05, 4.69) is 11.6 Å². The van der Waals surface area contributed by atoms with Gasteiger partial charge in [0.05, 0.1) is 5.41 Å². The first-order chi connectivity index (χ1) is 16.0. The Morgan fingerprint density at radius 1 is 1.23 bits per heavy atom. The predicted octanol–water partition coefficient (Wildman–Crippen LogP) is -0.268. The Kier molecular flexibility index (Phi) is 3.95. The maximum Gasteiger partial charge on any atom is 0.355 e. The molecule has 1 spiro atoms. The van der Waals surface area contributed by atoms with E-state index in [1.165, 1.54) is 26.1 Å². The first-order valence-corrected chi connectivity index (χ1v) is 12.0. The Labute approximate surface area is 202 Å². The number of aliphatic hydroxyl groups excluding tert-OH is 1. The zero-order valence-corrected chi connectivity index (χ0v) is 20.2. The first kappa shape index (κ1) is 23.6. The molecule has 0 radical (unpaired) electrons. The molecule has 10 heteroatoms. The van der Waals surface area contributed by atoms with Crippen molar-refractivity contribution in [3.05, 3.63) is 36.2 Å². The Morgan fingerprint density at radius 3 is 2.46 bits per heavy atom. The summed E-state index contributed by atoms with van der Waals surface area (Å²) >= 11 is 0. The summed E-state index contributed by atoms with van der Waals surface area (Å²) in [6.07, 6.45) is -2.19. The summed E-state index contributed by atoms with van der Waals surface area (Å²) in [5.74, 6) is -3.97. The number of esters is 1. The fraction of sp³-hybridized carbons (Fsp3) is 0.720. The van der Waals surface area contributed by atoms with E-state index < -0.39 is 68.7 Å². The molecule has 192 valence electrons. The van der Waals surface area contributed by atoms with Gasteiger partial charge in [0.2, 0.25) is 0 Å². The maximum absolute atomic E-state index is 13.2. The Morgan fingerprint density at radius 2 is 1.89 bits per heavy atom. The summed E-state index contributed by atoms with van der Waals surface area (Å²) in [5.41, 5.74) is -15.4. The molecular formula is C25H33NO9. The van der Waals surface area contributed by atoms with Crippen molar-refractivity contribution in [2.24, 2.45) is 16.7 Å². The third-order valence-electron chi connectivity index (χ3n) is 11.0. The monoisotopic (exact) mass is 491 g/mol. The van der Waals surface area contributed by atoms with E-state index >= 15 is 0 Å². The lowest BCUT2D eigenvalue weighted by molar-refractivity contribution is -0.383. The molecule has 2 saturated heterocycles. The van der Waals surface area contributed by atoms with E-state index in [4.69, 9.17) is 9.47 Å². The summed E-state index contributed by atoms with van der Waals surface area (Å²) < 4.78 is 12.0. The first-order valence-electron chi connectivity index (χ1n) is 12.0. The number of aromatic nitrogens is 1. The van der Waals surface area contributed by atoms with E-state index in [0.29, 0.717) is 0 Å². The van der Waals surface area contributed by atoms with Crippen LogP contribution in [0.25, 0.3) is 0 Å². The minimum Gasteiger partial charge on any atom is -0.451 e. The lowest BCUT2D eigenvalue weighted by Gasteiger charge is -2.60. The van der Waals surface area contributed by atoms with Gasteiger partial charge in [0.25, 0.3) is 0 Å². The number of carbonyl (C=O) groups is 1. The van der Waals surface area contributed by atoms with Gasteiger partial charge in [0.15, 0.2) is 17.5 Å². The number of aromatic amines is 1. The molecule has 10 nitrogen and oxygen atoms in total. The van der Waals surface area contributed by atoms with Crippen LogP contribution in [-0.2, 0) is 9.47 Å². The number of hydrogen-bond donors (Lipinski definition) is 7. The second-order valence-electron chi connectivity index (χ2n) is 12.0. The van der Waals surface area contributed by atoms with Crippen LogP contribution in [0.2, 0.25) is 0 Å². The number of rotatable bonds is 3. The van der Waals surface area contributed by atoms with E-state index in [9.17, 15) is 35.4 Å². The fourth-order valence-corrected chi connectivity index (χ4v) is 9.29. The average molecular weight is 492 g/mol. The van der Waals surface area contributed by atoms with Crippen LogP contribution in [0.4, 0.5) is 0 Å². The molecule has 4 saturated carbocycles. The molecule has 6 fully saturated rings. The van der Waals surface area contributed by atoms with Crippen molar-refractivity contribution in [3.8, 4) is 0 Å². The summed E-state index contributed by atoms with van der Waals surface area (Å²) in [4.78, 5) is 15.9. The highest BCUT2D eigenvalue weighted by molar-refractivity contribution is 5.87. The molecule has 6 bridgehead atoms. The second kappa shape index (κ2) is 5.85. The molecule has 2 aliphatic heterocycles. The summed E-state index contributed by atoms with van der Waals surface area (Å²) in [5, 5.41) is 73.7. The zero-order chi connectivity index (χ0) is 25.8. The molecule has 10 atom stereocenters. The highest BCUT2D eigenvalue weighted by Crippen LogP contribution is 2.90. The molecule has 3 heterocycles. The van der Waals surface area contributed by atoms with Crippen molar-refractivity contribution in [3.63, 3.8) is 0 Å².